The minimum atomic E-state index is -0.338. The van der Waals surface area contributed by atoms with E-state index in [4.69, 9.17) is 17.3 Å². The van der Waals surface area contributed by atoms with Crippen molar-refractivity contribution in [3.8, 4) is 0 Å². The lowest BCUT2D eigenvalue weighted by Crippen LogP contribution is -2.26. The fourth-order valence-electron chi connectivity index (χ4n) is 2.58. The average Bonchev–Trinajstić information content (AvgIpc) is 2.58. The van der Waals surface area contributed by atoms with Crippen LogP contribution in [-0.4, -0.2) is 36.8 Å². The number of unbranched alkanes of at least 4 members (excludes halogenated alkanes) is 9. The lowest BCUT2D eigenvalue weighted by atomic mass is 10.1. The number of amides is 1. The molecular weight excluding hydrogens is 332 g/mol. The Morgan fingerprint density at radius 3 is 1.72 bits per heavy atom. The summed E-state index contributed by atoms with van der Waals surface area (Å²) in [6, 6.07) is 0.303. The third kappa shape index (κ3) is 19.6. The molecule has 0 spiro atoms. The van der Waals surface area contributed by atoms with Crippen LogP contribution in [0.4, 0.5) is 0 Å². The molecule has 1 unspecified atom stereocenters. The van der Waals surface area contributed by atoms with Crippen molar-refractivity contribution in [3.63, 3.8) is 0 Å². The van der Waals surface area contributed by atoms with Crippen LogP contribution in [0, 0.1) is 0 Å². The molecule has 1 amide bonds. The van der Waals surface area contributed by atoms with Gasteiger partial charge in [0.2, 0.25) is 5.91 Å². The van der Waals surface area contributed by atoms with E-state index >= 15 is 0 Å². The fourth-order valence-corrected chi connectivity index (χ4v) is 2.77. The van der Waals surface area contributed by atoms with Crippen molar-refractivity contribution >= 4 is 17.5 Å². The number of likely N-dealkylation sites (N-methyl/N-ethyl adjacent to an activating group) is 1. The molecule has 150 valence electrons. The molecule has 0 bridgehead atoms. The van der Waals surface area contributed by atoms with Gasteiger partial charge in [-0.2, -0.15) is 0 Å². The first-order chi connectivity index (χ1) is 11.9. The first kappa shape index (κ1) is 26.7. The van der Waals surface area contributed by atoms with Crippen molar-refractivity contribution in [2.75, 3.05) is 20.0 Å². The number of alkyl halides is 1. The number of carbonyl (C=O) groups is 1. The first-order valence-corrected chi connectivity index (χ1v) is 10.6. The van der Waals surface area contributed by atoms with Crippen molar-refractivity contribution < 1.29 is 4.79 Å². The summed E-state index contributed by atoms with van der Waals surface area (Å²) in [5.74, 6) is 0.506. The molecule has 0 aromatic carbocycles. The van der Waals surface area contributed by atoms with E-state index in [1.807, 2.05) is 20.2 Å². The standard InChI is InChI=1S/C12H25Cl.C9H18N2O/c1-2-3-4-5-6-7-8-9-10-11-12-13;1-5-8(11(3)4)6-7(2)9(10)12/h2-12H2,1H3;6,8H,5H2,1-4H3,(H2,10,12). The van der Waals surface area contributed by atoms with Gasteiger partial charge in [0, 0.05) is 17.5 Å². The van der Waals surface area contributed by atoms with Crippen LogP contribution in [0.25, 0.3) is 0 Å². The minimum Gasteiger partial charge on any atom is -0.366 e. The van der Waals surface area contributed by atoms with Crippen LogP contribution >= 0.6 is 11.6 Å². The van der Waals surface area contributed by atoms with E-state index in [1.54, 1.807) is 6.92 Å². The largest absolute Gasteiger partial charge is 0.366 e. The molecule has 1 atom stereocenters. The maximum Gasteiger partial charge on any atom is 0.244 e. The highest BCUT2D eigenvalue weighted by molar-refractivity contribution is 6.17. The summed E-state index contributed by atoms with van der Waals surface area (Å²) < 4.78 is 0. The number of halogens is 1. The summed E-state index contributed by atoms with van der Waals surface area (Å²) in [5, 5.41) is 0. The smallest absolute Gasteiger partial charge is 0.244 e. The Balaban J connectivity index is 0. The normalized spacial score (nSPS) is 12.7. The molecule has 3 nitrogen and oxygen atoms in total. The van der Waals surface area contributed by atoms with Gasteiger partial charge in [0.15, 0.2) is 0 Å². The molecule has 0 aliphatic rings. The Hall–Kier alpha value is -0.540. The van der Waals surface area contributed by atoms with Gasteiger partial charge < -0.3 is 10.6 Å². The van der Waals surface area contributed by atoms with Gasteiger partial charge in [-0.1, -0.05) is 77.7 Å². The van der Waals surface area contributed by atoms with Crippen molar-refractivity contribution in [2.45, 2.75) is 97.4 Å². The van der Waals surface area contributed by atoms with Crippen molar-refractivity contribution in [1.82, 2.24) is 4.90 Å². The number of nitrogens with two attached hydrogens (primary N) is 1. The molecule has 0 aliphatic heterocycles. The molecule has 0 aliphatic carbocycles. The van der Waals surface area contributed by atoms with Crippen LogP contribution < -0.4 is 5.73 Å². The zero-order valence-corrected chi connectivity index (χ0v) is 18.2. The van der Waals surface area contributed by atoms with E-state index in [1.165, 1.54) is 64.2 Å². The van der Waals surface area contributed by atoms with Crippen LogP contribution in [0.2, 0.25) is 0 Å². The topological polar surface area (TPSA) is 46.3 Å². The molecule has 0 saturated heterocycles. The van der Waals surface area contributed by atoms with Gasteiger partial charge >= 0.3 is 0 Å². The van der Waals surface area contributed by atoms with E-state index in [0.717, 1.165) is 12.3 Å². The van der Waals surface area contributed by atoms with E-state index in [2.05, 4.69) is 18.7 Å². The lowest BCUT2D eigenvalue weighted by molar-refractivity contribution is -0.114. The maximum atomic E-state index is 10.7. The molecule has 0 aromatic heterocycles. The second-order valence-corrected chi connectivity index (χ2v) is 7.40. The highest BCUT2D eigenvalue weighted by atomic mass is 35.5. The fraction of sp³-hybridized carbons (Fsp3) is 0.857. The quantitative estimate of drug-likeness (QED) is 0.233. The van der Waals surface area contributed by atoms with Crippen LogP contribution in [-0.2, 0) is 4.79 Å². The van der Waals surface area contributed by atoms with Gasteiger partial charge in [0.1, 0.15) is 0 Å². The second-order valence-electron chi connectivity index (χ2n) is 7.02. The Labute approximate surface area is 162 Å². The van der Waals surface area contributed by atoms with Crippen LogP contribution in [0.5, 0.6) is 0 Å². The predicted molar refractivity (Wildman–Crippen MR) is 113 cm³/mol. The van der Waals surface area contributed by atoms with Crippen LogP contribution in [0.1, 0.15) is 91.4 Å². The van der Waals surface area contributed by atoms with E-state index in [-0.39, 0.29) is 5.91 Å². The number of hydrogen-bond donors (Lipinski definition) is 1. The number of hydrogen-bond acceptors (Lipinski definition) is 2. The van der Waals surface area contributed by atoms with Gasteiger partial charge in [-0.15, -0.1) is 11.6 Å². The Morgan fingerprint density at radius 1 is 0.960 bits per heavy atom. The number of rotatable bonds is 14. The molecule has 4 heteroatoms. The molecular formula is C21H43ClN2O. The molecule has 2 N–H and O–H groups in total. The number of carbonyl (C=O) groups excluding carboxylic acids is 1. The van der Waals surface area contributed by atoms with Crippen molar-refractivity contribution in [1.29, 1.82) is 0 Å². The van der Waals surface area contributed by atoms with Crippen LogP contribution in [0.15, 0.2) is 11.6 Å². The second kappa shape index (κ2) is 19.8. The number of nitrogens with zero attached hydrogens (tertiary/aromatic N) is 1. The Morgan fingerprint density at radius 2 is 1.40 bits per heavy atom. The van der Waals surface area contributed by atoms with Gasteiger partial charge in [0.05, 0.1) is 0 Å². The van der Waals surface area contributed by atoms with E-state index < -0.39 is 0 Å². The molecule has 0 saturated carbocycles. The van der Waals surface area contributed by atoms with Gasteiger partial charge in [0.25, 0.3) is 0 Å². The third-order valence-corrected chi connectivity index (χ3v) is 4.67. The van der Waals surface area contributed by atoms with E-state index in [9.17, 15) is 4.79 Å². The summed E-state index contributed by atoms with van der Waals surface area (Å²) in [6.07, 6.45) is 16.8. The number of primary amides is 1. The molecule has 25 heavy (non-hydrogen) atoms. The Bertz CT molecular complexity index is 320. The molecule has 0 radical (unpaired) electrons. The highest BCUT2D eigenvalue weighted by Crippen LogP contribution is 2.10. The molecule has 0 heterocycles. The predicted octanol–water partition coefficient (Wildman–Crippen LogP) is 5.90. The van der Waals surface area contributed by atoms with Gasteiger partial charge in [-0.05, 0) is 33.9 Å². The lowest BCUT2D eigenvalue weighted by Gasteiger charge is -2.19. The molecule has 0 rings (SSSR count). The summed E-state index contributed by atoms with van der Waals surface area (Å²) in [5.41, 5.74) is 5.75. The monoisotopic (exact) mass is 374 g/mol. The van der Waals surface area contributed by atoms with Crippen molar-refractivity contribution in [2.24, 2.45) is 5.73 Å². The SMILES string of the molecule is CCC(C=C(C)C(N)=O)N(C)C.CCCCCCCCCCCCCl. The zero-order chi connectivity index (χ0) is 19.5. The minimum absolute atomic E-state index is 0.303. The highest BCUT2D eigenvalue weighted by Gasteiger charge is 2.07. The average molecular weight is 375 g/mol. The maximum absolute atomic E-state index is 10.7. The first-order valence-electron chi connectivity index (χ1n) is 10.1. The van der Waals surface area contributed by atoms with E-state index in [0.29, 0.717) is 11.6 Å². The molecule has 0 aromatic rings. The molecule has 0 fully saturated rings. The van der Waals surface area contributed by atoms with Gasteiger partial charge in [-0.25, -0.2) is 0 Å². The summed E-state index contributed by atoms with van der Waals surface area (Å²) in [4.78, 5) is 12.8. The summed E-state index contributed by atoms with van der Waals surface area (Å²) in [6.45, 7) is 6.09. The van der Waals surface area contributed by atoms with Crippen LogP contribution in [0.3, 0.4) is 0 Å². The van der Waals surface area contributed by atoms with Crippen molar-refractivity contribution in [3.05, 3.63) is 11.6 Å². The third-order valence-electron chi connectivity index (χ3n) is 4.40. The summed E-state index contributed by atoms with van der Waals surface area (Å²) in [7, 11) is 3.97. The van der Waals surface area contributed by atoms with Gasteiger partial charge in [-0.3, -0.25) is 4.79 Å². The zero-order valence-electron chi connectivity index (χ0n) is 17.5. The Kier molecular flexibility index (Phi) is 21.1. The summed E-state index contributed by atoms with van der Waals surface area (Å²) >= 11 is 5.60.